The van der Waals surface area contributed by atoms with Crippen LogP contribution in [0.1, 0.15) is 50.2 Å². The molecule has 6 atom stereocenters. The van der Waals surface area contributed by atoms with Gasteiger partial charge in [-0.3, -0.25) is 9.32 Å². The molecule has 15 heteroatoms. The van der Waals surface area contributed by atoms with Gasteiger partial charge in [0.1, 0.15) is 47.4 Å². The van der Waals surface area contributed by atoms with Crippen LogP contribution in [0.5, 0.6) is 5.75 Å². The second-order valence-corrected chi connectivity index (χ2v) is 14.6. The summed E-state index contributed by atoms with van der Waals surface area (Å²) in [7, 11) is -4.24. The fourth-order valence-corrected chi connectivity index (χ4v) is 7.49. The summed E-state index contributed by atoms with van der Waals surface area (Å²) in [5, 5.41) is 14.9. The number of aliphatic hydroxyl groups excluding tert-OH is 1. The number of aryl methyl sites for hydroxylation is 1. The van der Waals surface area contributed by atoms with Gasteiger partial charge in [0.15, 0.2) is 6.23 Å². The van der Waals surface area contributed by atoms with Gasteiger partial charge in [-0.05, 0) is 74.0 Å². The molecule has 4 heterocycles. The number of carbonyl (C=O) groups is 1. The topological polar surface area (TPSA) is 143 Å². The molecule has 2 fully saturated rings. The minimum absolute atomic E-state index is 0.237. The molecule has 0 saturated carbocycles. The Morgan fingerprint density at radius 3 is 2.65 bits per heavy atom. The molecule has 4 aromatic rings. The van der Waals surface area contributed by atoms with Crippen LogP contribution in [-0.2, 0) is 28.1 Å². The van der Waals surface area contributed by atoms with Crippen molar-refractivity contribution in [1.29, 1.82) is 0 Å². The van der Waals surface area contributed by atoms with Gasteiger partial charge in [0.25, 0.3) is 0 Å². The Morgan fingerprint density at radius 1 is 1.22 bits per heavy atom. The van der Waals surface area contributed by atoms with Gasteiger partial charge in [0.05, 0.1) is 40.4 Å². The van der Waals surface area contributed by atoms with E-state index in [9.17, 15) is 18.9 Å². The van der Waals surface area contributed by atoms with Crippen LogP contribution in [0.3, 0.4) is 0 Å². The molecule has 1 unspecified atom stereocenters. The predicted molar refractivity (Wildman–Crippen MR) is 180 cm³/mol. The van der Waals surface area contributed by atoms with E-state index in [4.69, 9.17) is 23.3 Å². The van der Waals surface area contributed by atoms with Crippen LogP contribution < -0.4 is 9.61 Å². The number of carbonyl (C=O) groups excluding carboxylic acids is 1. The van der Waals surface area contributed by atoms with Crippen molar-refractivity contribution in [2.24, 2.45) is 0 Å². The van der Waals surface area contributed by atoms with Crippen molar-refractivity contribution in [3.05, 3.63) is 88.2 Å². The van der Waals surface area contributed by atoms with Crippen LogP contribution in [0.2, 0.25) is 0 Å². The molecule has 6 rings (SSSR count). The van der Waals surface area contributed by atoms with Crippen LogP contribution in [0.15, 0.2) is 65.5 Å². The predicted octanol–water partition coefficient (Wildman–Crippen LogP) is 5.59. The van der Waals surface area contributed by atoms with Gasteiger partial charge >= 0.3 is 13.7 Å². The van der Waals surface area contributed by atoms with E-state index in [-0.39, 0.29) is 18.5 Å². The van der Waals surface area contributed by atoms with Gasteiger partial charge in [-0.25, -0.2) is 18.9 Å². The molecule has 2 saturated heterocycles. The highest BCUT2D eigenvalue weighted by Gasteiger charge is 2.62. The molecule has 2 aromatic heterocycles. The average Bonchev–Trinajstić information content (AvgIpc) is 3.56. The van der Waals surface area contributed by atoms with Crippen molar-refractivity contribution in [1.82, 2.24) is 19.6 Å². The molecule has 0 bridgehead atoms. The van der Waals surface area contributed by atoms with Crippen molar-refractivity contribution in [2.75, 3.05) is 13.2 Å². The minimum atomic E-state index is -4.24. The van der Waals surface area contributed by atoms with Crippen molar-refractivity contribution < 1.29 is 42.1 Å². The number of halogens is 2. The standard InChI is InChI=1S/C34H35BrFN4O8P/c1-20(2)46-32(42)22(4)39-49(43,48-25-8-6-5-7-9-25)45-18-28-30(41)34(14-15-44-34)33(47-28)40-17-24(29-21(3)37-19-38-31(29)40)12-10-23-11-13-26(35)27(36)16-23/h5-9,11,13,16-17,19-20,22,28,30,33,41H,14-15,18H2,1-4H3,(H,39,43)/t22-,28+,30+,33+,34+,49?/m0/s1. The Morgan fingerprint density at radius 2 is 1.98 bits per heavy atom. The van der Waals surface area contributed by atoms with E-state index in [0.29, 0.717) is 45.4 Å². The van der Waals surface area contributed by atoms with Crippen molar-refractivity contribution >= 4 is 40.7 Å². The normalized spacial score (nSPS) is 23.5. The first-order valence-corrected chi connectivity index (χ1v) is 18.0. The Balaban J connectivity index is 1.29. The molecule has 0 aliphatic carbocycles. The molecule has 2 aliphatic rings. The molecular weight excluding hydrogens is 722 g/mol. The van der Waals surface area contributed by atoms with E-state index < -0.39 is 49.6 Å². The summed E-state index contributed by atoms with van der Waals surface area (Å²) in [6.07, 6.45) is 0.102. The van der Waals surface area contributed by atoms with Gasteiger partial charge in [-0.2, -0.15) is 5.09 Å². The first kappa shape index (κ1) is 35.2. The first-order valence-electron chi connectivity index (χ1n) is 15.6. The molecule has 0 radical (unpaired) electrons. The van der Waals surface area contributed by atoms with Gasteiger partial charge in [-0.1, -0.05) is 30.0 Å². The molecule has 12 nitrogen and oxygen atoms in total. The van der Waals surface area contributed by atoms with Crippen LogP contribution >= 0.6 is 23.7 Å². The maximum absolute atomic E-state index is 14.2. The lowest BCUT2D eigenvalue weighted by Crippen LogP contribution is -2.56. The number of hydrogen-bond donors (Lipinski definition) is 2. The van der Waals surface area contributed by atoms with Gasteiger partial charge in [-0.15, -0.1) is 0 Å². The van der Waals surface area contributed by atoms with Crippen LogP contribution in [0.25, 0.3) is 11.0 Å². The van der Waals surface area contributed by atoms with Crippen LogP contribution in [-0.4, -0.2) is 68.8 Å². The highest BCUT2D eigenvalue weighted by atomic mass is 79.9. The van der Waals surface area contributed by atoms with E-state index in [1.165, 1.54) is 19.3 Å². The first-order chi connectivity index (χ1) is 23.4. The molecule has 1 spiro atoms. The summed E-state index contributed by atoms with van der Waals surface area (Å²) < 4.78 is 59.7. The zero-order valence-corrected chi connectivity index (χ0v) is 29.6. The second kappa shape index (κ2) is 14.3. The number of aliphatic hydroxyl groups is 1. The molecule has 258 valence electrons. The number of nitrogens with zero attached hydrogens (tertiary/aromatic N) is 3. The zero-order chi connectivity index (χ0) is 34.9. The second-order valence-electron chi connectivity index (χ2n) is 12.0. The number of fused-ring (bicyclic) bond motifs is 1. The van der Waals surface area contributed by atoms with E-state index in [0.717, 1.165) is 0 Å². The van der Waals surface area contributed by atoms with Gasteiger partial charge in [0, 0.05) is 18.2 Å². The summed E-state index contributed by atoms with van der Waals surface area (Å²) in [5.74, 6) is 5.28. The third-order valence-corrected chi connectivity index (χ3v) is 10.5. The third-order valence-electron chi connectivity index (χ3n) is 8.19. The van der Waals surface area contributed by atoms with Crippen molar-refractivity contribution in [3.63, 3.8) is 0 Å². The summed E-state index contributed by atoms with van der Waals surface area (Å²) in [6.45, 7) is 6.71. The minimum Gasteiger partial charge on any atom is -0.462 e. The van der Waals surface area contributed by atoms with E-state index in [1.54, 1.807) is 67.1 Å². The van der Waals surface area contributed by atoms with Gasteiger partial charge in [0.2, 0.25) is 0 Å². The largest absolute Gasteiger partial charge is 0.462 e. The van der Waals surface area contributed by atoms with Gasteiger partial charge < -0.3 is 28.4 Å². The highest BCUT2D eigenvalue weighted by molar-refractivity contribution is 9.10. The molecule has 2 aliphatic heterocycles. The summed E-state index contributed by atoms with van der Waals surface area (Å²) in [5.41, 5.74) is 1.01. The molecule has 49 heavy (non-hydrogen) atoms. The lowest BCUT2D eigenvalue weighted by atomic mass is 9.86. The quantitative estimate of drug-likeness (QED) is 0.119. The number of hydrogen-bond acceptors (Lipinski definition) is 10. The Kier molecular flexibility index (Phi) is 10.3. The van der Waals surface area contributed by atoms with E-state index in [1.807, 2.05) is 6.92 Å². The highest BCUT2D eigenvalue weighted by Crippen LogP contribution is 2.51. The number of nitrogens with one attached hydrogen (secondary N) is 1. The lowest BCUT2D eigenvalue weighted by Gasteiger charge is -2.44. The number of esters is 1. The smallest absolute Gasteiger partial charge is 0.459 e. The molecule has 2 N–H and O–H groups in total. The van der Waals surface area contributed by atoms with Crippen molar-refractivity contribution in [2.45, 2.75) is 70.3 Å². The third kappa shape index (κ3) is 7.30. The van der Waals surface area contributed by atoms with E-state index >= 15 is 0 Å². The molecule has 0 amide bonds. The van der Waals surface area contributed by atoms with E-state index in [2.05, 4.69) is 42.8 Å². The molecular formula is C34H35BrFN4O8P. The van der Waals surface area contributed by atoms with Crippen molar-refractivity contribution in [3.8, 4) is 17.6 Å². The SMILES string of the molecule is Cc1ncnc2c1c(C#Cc1ccc(Br)c(F)c1)cn2[C@@H]1O[C@H](COP(=O)(N[C@@H](C)C(=O)OC(C)C)Oc2ccccc2)[C@@H](O)[C@]12CCO2. The monoisotopic (exact) mass is 756 g/mol. The number of para-hydroxylation sites is 1. The Hall–Kier alpha value is -3.67. The van der Waals surface area contributed by atoms with Crippen LogP contribution in [0.4, 0.5) is 4.39 Å². The Bertz CT molecular complexity index is 1960. The molecule has 2 aromatic carbocycles. The summed E-state index contributed by atoms with van der Waals surface area (Å²) >= 11 is 3.16. The van der Waals surface area contributed by atoms with Crippen LogP contribution in [0, 0.1) is 24.6 Å². The fraction of sp³-hybridized carbons (Fsp3) is 0.382. The number of rotatable bonds is 10. The summed E-state index contributed by atoms with van der Waals surface area (Å²) in [4.78, 5) is 21.4. The maximum atomic E-state index is 14.2. The number of ether oxygens (including phenoxy) is 3. The zero-order valence-electron chi connectivity index (χ0n) is 27.1. The fourth-order valence-electron chi connectivity index (χ4n) is 5.74. The average molecular weight is 758 g/mol. The lowest BCUT2D eigenvalue weighted by molar-refractivity contribution is -0.225. The number of aromatic nitrogens is 3. The summed E-state index contributed by atoms with van der Waals surface area (Å²) in [6, 6.07) is 11.9. The Labute approximate surface area is 291 Å². The number of benzene rings is 2. The maximum Gasteiger partial charge on any atom is 0.459 e.